The van der Waals surface area contributed by atoms with E-state index in [1.165, 1.54) is 42.8 Å². The van der Waals surface area contributed by atoms with Crippen LogP contribution in [0.2, 0.25) is 0 Å². The third-order valence-corrected chi connectivity index (χ3v) is 7.07. The van der Waals surface area contributed by atoms with Crippen LogP contribution in [0.4, 0.5) is 5.13 Å². The van der Waals surface area contributed by atoms with Gasteiger partial charge in [-0.05, 0) is 79.6 Å². The van der Waals surface area contributed by atoms with Gasteiger partial charge in [0.05, 0.1) is 10.2 Å². The fourth-order valence-corrected chi connectivity index (χ4v) is 5.09. The lowest BCUT2D eigenvalue weighted by molar-refractivity contribution is -0.118. The number of aryl methyl sites for hydroxylation is 1. The number of rotatable bonds is 7. The van der Waals surface area contributed by atoms with Crippen LogP contribution in [0.5, 0.6) is 5.75 Å². The highest BCUT2D eigenvalue weighted by Crippen LogP contribution is 2.29. The fraction of sp³-hybridized carbons (Fsp3) is 0.462. The molecule has 6 heteroatoms. The number of ether oxygens (including phenoxy) is 1. The highest BCUT2D eigenvalue weighted by Gasteiger charge is 2.16. The van der Waals surface area contributed by atoms with Crippen molar-refractivity contribution in [1.29, 1.82) is 0 Å². The first kappa shape index (κ1) is 22.7. The summed E-state index contributed by atoms with van der Waals surface area (Å²) < 4.78 is 6.96. The quantitative estimate of drug-likeness (QED) is 0.480. The summed E-state index contributed by atoms with van der Waals surface area (Å²) in [5.41, 5.74) is 4.45. The number of aromatic nitrogens is 1. The summed E-state index contributed by atoms with van der Waals surface area (Å²) in [5.74, 6) is 1.76. The topological polar surface area (TPSA) is 54.5 Å². The van der Waals surface area contributed by atoms with Crippen molar-refractivity contribution in [3.8, 4) is 5.75 Å². The zero-order valence-electron chi connectivity index (χ0n) is 19.5. The van der Waals surface area contributed by atoms with E-state index in [2.05, 4.69) is 66.3 Å². The van der Waals surface area contributed by atoms with Crippen molar-refractivity contribution < 1.29 is 9.53 Å². The van der Waals surface area contributed by atoms with E-state index >= 15 is 0 Å². The van der Waals surface area contributed by atoms with Crippen LogP contribution in [0.15, 0.2) is 36.4 Å². The van der Waals surface area contributed by atoms with Crippen LogP contribution >= 0.6 is 11.3 Å². The summed E-state index contributed by atoms with van der Waals surface area (Å²) in [4.78, 5) is 19.6. The Balaban J connectivity index is 1.37. The standard InChI is InChI=1S/C26H33N3O2S/c1-17(2)21-7-5-19(4)13-23(21)31-16-25(30)28-26-27-22-8-6-20(14-24(22)32-26)15-29-11-9-18(3)10-12-29/h5-8,13-14,17-18H,9-12,15-16H2,1-4H3,(H,27,28,30). The van der Waals surface area contributed by atoms with Crippen molar-refractivity contribution in [1.82, 2.24) is 9.88 Å². The Kier molecular flexibility index (Phi) is 7.11. The van der Waals surface area contributed by atoms with E-state index in [1.54, 1.807) is 0 Å². The lowest BCUT2D eigenvalue weighted by atomic mass is 9.99. The van der Waals surface area contributed by atoms with E-state index in [0.29, 0.717) is 11.0 Å². The molecule has 32 heavy (non-hydrogen) atoms. The summed E-state index contributed by atoms with van der Waals surface area (Å²) in [6, 6.07) is 12.6. The molecular weight excluding hydrogens is 418 g/mol. The summed E-state index contributed by atoms with van der Waals surface area (Å²) in [6.07, 6.45) is 2.56. The number of likely N-dealkylation sites (tertiary alicyclic amines) is 1. The smallest absolute Gasteiger partial charge is 0.264 e. The Morgan fingerprint density at radius 2 is 2.00 bits per heavy atom. The lowest BCUT2D eigenvalue weighted by Crippen LogP contribution is -2.32. The first-order chi connectivity index (χ1) is 15.4. The highest BCUT2D eigenvalue weighted by molar-refractivity contribution is 7.22. The van der Waals surface area contributed by atoms with Gasteiger partial charge in [-0.25, -0.2) is 4.98 Å². The molecule has 0 radical (unpaired) electrons. The van der Waals surface area contributed by atoms with Gasteiger partial charge in [-0.3, -0.25) is 15.0 Å². The van der Waals surface area contributed by atoms with Crippen molar-refractivity contribution in [3.63, 3.8) is 0 Å². The van der Waals surface area contributed by atoms with Crippen molar-refractivity contribution >= 4 is 32.6 Å². The molecule has 0 spiro atoms. The minimum atomic E-state index is -0.192. The highest BCUT2D eigenvalue weighted by atomic mass is 32.1. The van der Waals surface area contributed by atoms with Crippen LogP contribution < -0.4 is 10.1 Å². The summed E-state index contributed by atoms with van der Waals surface area (Å²) in [5, 5.41) is 3.52. The lowest BCUT2D eigenvalue weighted by Gasteiger charge is -2.30. The number of fused-ring (bicyclic) bond motifs is 1. The molecule has 1 N–H and O–H groups in total. The van der Waals surface area contributed by atoms with E-state index in [0.717, 1.165) is 39.6 Å². The number of amides is 1. The second-order valence-corrected chi connectivity index (χ2v) is 10.3. The molecule has 4 rings (SSSR count). The number of nitrogens with zero attached hydrogens (tertiary/aromatic N) is 2. The van der Waals surface area contributed by atoms with Gasteiger partial charge < -0.3 is 4.74 Å². The second kappa shape index (κ2) is 10.0. The Hall–Kier alpha value is -2.44. The number of carbonyl (C=O) groups excluding carboxylic acids is 1. The Morgan fingerprint density at radius 1 is 1.22 bits per heavy atom. The van der Waals surface area contributed by atoms with Gasteiger partial charge >= 0.3 is 0 Å². The SMILES string of the molecule is Cc1ccc(C(C)C)c(OCC(=O)Nc2nc3ccc(CN4CCC(C)CC4)cc3s2)c1. The van der Waals surface area contributed by atoms with E-state index < -0.39 is 0 Å². The van der Waals surface area contributed by atoms with Crippen LogP contribution in [0.25, 0.3) is 10.2 Å². The number of anilines is 1. The number of piperidine rings is 1. The Morgan fingerprint density at radius 3 is 2.75 bits per heavy atom. The van der Waals surface area contributed by atoms with Crippen molar-refractivity contribution in [3.05, 3.63) is 53.1 Å². The van der Waals surface area contributed by atoms with E-state index in [9.17, 15) is 4.79 Å². The van der Waals surface area contributed by atoms with Crippen LogP contribution in [-0.4, -0.2) is 35.5 Å². The molecule has 1 aliphatic rings. The fourth-order valence-electron chi connectivity index (χ4n) is 4.14. The minimum absolute atomic E-state index is 0.0300. The van der Waals surface area contributed by atoms with Gasteiger partial charge in [0.1, 0.15) is 5.75 Å². The number of thiazole rings is 1. The summed E-state index contributed by atoms with van der Waals surface area (Å²) in [6.45, 7) is 11.9. The Labute approximate surface area is 194 Å². The van der Waals surface area contributed by atoms with Crippen molar-refractivity contribution in [2.24, 2.45) is 5.92 Å². The average Bonchev–Trinajstić information content (AvgIpc) is 3.15. The third kappa shape index (κ3) is 5.67. The number of hydrogen-bond acceptors (Lipinski definition) is 5. The maximum absolute atomic E-state index is 12.5. The van der Waals surface area contributed by atoms with E-state index in [-0.39, 0.29) is 12.5 Å². The van der Waals surface area contributed by atoms with Gasteiger partial charge in [0.15, 0.2) is 11.7 Å². The van der Waals surface area contributed by atoms with Crippen molar-refractivity contribution in [2.75, 3.05) is 25.0 Å². The second-order valence-electron chi connectivity index (χ2n) is 9.31. The van der Waals surface area contributed by atoms with E-state index in [1.807, 2.05) is 13.0 Å². The largest absolute Gasteiger partial charge is 0.483 e. The molecule has 0 saturated carbocycles. The molecule has 3 aromatic rings. The maximum Gasteiger partial charge on any atom is 0.264 e. The molecule has 0 bridgehead atoms. The third-order valence-electron chi connectivity index (χ3n) is 6.13. The molecule has 170 valence electrons. The van der Waals surface area contributed by atoms with Gasteiger partial charge in [0.2, 0.25) is 0 Å². The first-order valence-corrected chi connectivity index (χ1v) is 12.3. The molecule has 0 unspecified atom stereocenters. The normalized spacial score (nSPS) is 15.4. The molecule has 1 amide bonds. The zero-order valence-corrected chi connectivity index (χ0v) is 20.3. The van der Waals surface area contributed by atoms with Crippen LogP contribution in [-0.2, 0) is 11.3 Å². The molecule has 1 fully saturated rings. The van der Waals surface area contributed by atoms with Crippen LogP contribution in [0, 0.1) is 12.8 Å². The number of carbonyl (C=O) groups is 1. The predicted molar refractivity (Wildman–Crippen MR) is 133 cm³/mol. The molecule has 0 atom stereocenters. The molecule has 2 heterocycles. The molecule has 5 nitrogen and oxygen atoms in total. The first-order valence-electron chi connectivity index (χ1n) is 11.5. The van der Waals surface area contributed by atoms with Gasteiger partial charge in [-0.1, -0.05) is 50.3 Å². The van der Waals surface area contributed by atoms with Crippen LogP contribution in [0.3, 0.4) is 0 Å². The minimum Gasteiger partial charge on any atom is -0.483 e. The Bertz CT molecular complexity index is 1080. The maximum atomic E-state index is 12.5. The molecule has 1 aromatic heterocycles. The molecule has 1 aliphatic heterocycles. The van der Waals surface area contributed by atoms with Crippen LogP contribution in [0.1, 0.15) is 56.2 Å². The van der Waals surface area contributed by atoms with Gasteiger partial charge in [0.25, 0.3) is 5.91 Å². The van der Waals surface area contributed by atoms with E-state index in [4.69, 9.17) is 4.74 Å². The molecule has 0 aliphatic carbocycles. The average molecular weight is 452 g/mol. The number of benzene rings is 2. The summed E-state index contributed by atoms with van der Waals surface area (Å²) in [7, 11) is 0. The number of hydrogen-bond donors (Lipinski definition) is 1. The van der Waals surface area contributed by atoms with Gasteiger partial charge in [-0.2, -0.15) is 0 Å². The van der Waals surface area contributed by atoms with Gasteiger partial charge in [0, 0.05) is 6.54 Å². The molecule has 1 saturated heterocycles. The zero-order chi connectivity index (χ0) is 22.7. The van der Waals surface area contributed by atoms with Crippen molar-refractivity contribution in [2.45, 2.75) is 53.0 Å². The monoisotopic (exact) mass is 451 g/mol. The molecular formula is C26H33N3O2S. The summed E-state index contributed by atoms with van der Waals surface area (Å²) >= 11 is 1.52. The number of nitrogens with one attached hydrogen (secondary N) is 1. The molecule has 2 aromatic carbocycles. The predicted octanol–water partition coefficient (Wildman–Crippen LogP) is 5.98. The van der Waals surface area contributed by atoms with Gasteiger partial charge in [-0.15, -0.1) is 0 Å².